The van der Waals surface area contributed by atoms with Crippen LogP contribution in [-0.4, -0.2) is 60.3 Å². The first kappa shape index (κ1) is 14.3. The Morgan fingerprint density at radius 1 is 1.21 bits per heavy atom. The van der Waals surface area contributed by atoms with Gasteiger partial charge in [-0.05, 0) is 18.8 Å². The minimum Gasteiger partial charge on any atom is -0.395 e. The van der Waals surface area contributed by atoms with Crippen LogP contribution in [0.2, 0.25) is 0 Å². The predicted molar refractivity (Wildman–Crippen MR) is 74.7 cm³/mol. The summed E-state index contributed by atoms with van der Waals surface area (Å²) >= 11 is 0. The molecule has 0 aromatic rings. The van der Waals surface area contributed by atoms with Gasteiger partial charge in [0.2, 0.25) is 0 Å². The molecule has 0 aromatic carbocycles. The van der Waals surface area contributed by atoms with Crippen LogP contribution in [0.15, 0.2) is 12.3 Å². The van der Waals surface area contributed by atoms with Crippen LogP contribution < -0.4 is 5.32 Å². The Morgan fingerprint density at radius 3 is 2.53 bits per heavy atom. The van der Waals surface area contributed by atoms with Gasteiger partial charge in [-0.3, -0.25) is 4.90 Å². The summed E-state index contributed by atoms with van der Waals surface area (Å²) in [4.78, 5) is 16.0. The van der Waals surface area contributed by atoms with Gasteiger partial charge in [0.15, 0.2) is 0 Å². The van der Waals surface area contributed by atoms with Gasteiger partial charge in [0.25, 0.3) is 0 Å². The molecular formula is C14H25N3O2. The van der Waals surface area contributed by atoms with E-state index < -0.39 is 0 Å². The number of nitrogens with one attached hydrogen (secondary N) is 1. The van der Waals surface area contributed by atoms with Crippen molar-refractivity contribution >= 4 is 6.03 Å². The van der Waals surface area contributed by atoms with E-state index in [1.54, 1.807) is 0 Å². The van der Waals surface area contributed by atoms with Gasteiger partial charge < -0.3 is 15.3 Å². The van der Waals surface area contributed by atoms with E-state index in [-0.39, 0.29) is 12.6 Å². The topological polar surface area (TPSA) is 55.8 Å². The van der Waals surface area contributed by atoms with Crippen molar-refractivity contribution in [2.75, 3.05) is 39.3 Å². The maximum atomic E-state index is 11.9. The molecule has 0 radical (unpaired) electrons. The summed E-state index contributed by atoms with van der Waals surface area (Å²) in [7, 11) is 0. The Balaban J connectivity index is 1.66. The number of β-amino-alcohol motifs (C(OH)–C–C–N with tert-alkyl or cyclic N) is 1. The molecule has 2 rings (SSSR count). The number of rotatable bonds is 4. The third kappa shape index (κ3) is 4.51. The number of aliphatic hydroxyl groups excluding tert-OH is 1. The molecule has 1 saturated heterocycles. The van der Waals surface area contributed by atoms with E-state index in [9.17, 15) is 4.79 Å². The van der Waals surface area contributed by atoms with Crippen LogP contribution in [0.25, 0.3) is 0 Å². The number of hydrogen-bond donors (Lipinski definition) is 2. The van der Waals surface area contributed by atoms with Crippen LogP contribution in [0.5, 0.6) is 0 Å². The average molecular weight is 267 g/mol. The quantitative estimate of drug-likeness (QED) is 0.799. The molecule has 0 unspecified atom stereocenters. The number of allylic oxidation sites excluding steroid dienone is 1. The molecule has 2 aliphatic rings. The van der Waals surface area contributed by atoms with Gasteiger partial charge in [-0.2, -0.15) is 0 Å². The lowest BCUT2D eigenvalue weighted by Gasteiger charge is -2.34. The van der Waals surface area contributed by atoms with E-state index in [0.717, 1.165) is 26.2 Å². The molecule has 1 aliphatic carbocycles. The van der Waals surface area contributed by atoms with Gasteiger partial charge in [-0.15, -0.1) is 0 Å². The number of piperazine rings is 1. The monoisotopic (exact) mass is 267 g/mol. The lowest BCUT2D eigenvalue weighted by Crippen LogP contribution is -2.51. The van der Waals surface area contributed by atoms with Crippen LogP contribution >= 0.6 is 0 Å². The zero-order chi connectivity index (χ0) is 13.5. The summed E-state index contributed by atoms with van der Waals surface area (Å²) in [5.74, 6) is 0.654. The predicted octanol–water partition coefficient (Wildman–Crippen LogP) is 1.01. The summed E-state index contributed by atoms with van der Waals surface area (Å²) in [6, 6.07) is -0.00195. The number of hydrogen-bond acceptors (Lipinski definition) is 3. The summed E-state index contributed by atoms with van der Waals surface area (Å²) in [5.41, 5.74) is 0. The summed E-state index contributed by atoms with van der Waals surface area (Å²) in [6.45, 7) is 4.07. The fraction of sp³-hybridized carbons (Fsp3) is 0.786. The molecule has 19 heavy (non-hydrogen) atoms. The van der Waals surface area contributed by atoms with Crippen LogP contribution in [-0.2, 0) is 0 Å². The van der Waals surface area contributed by atoms with E-state index in [1.807, 2.05) is 11.1 Å². The number of nitrogens with zero attached hydrogens (tertiary/aromatic N) is 2. The van der Waals surface area contributed by atoms with Crippen LogP contribution in [0.4, 0.5) is 4.79 Å². The van der Waals surface area contributed by atoms with Gasteiger partial charge in [-0.1, -0.05) is 18.9 Å². The Bertz CT molecular complexity index is 306. The normalized spacial score (nSPS) is 22.3. The molecule has 2 N–H and O–H groups in total. The minimum atomic E-state index is -0.00195. The minimum absolute atomic E-state index is 0.00195. The number of carbonyl (C=O) groups excluding carboxylic acids is 1. The summed E-state index contributed by atoms with van der Waals surface area (Å²) in [6.07, 6.45) is 9.09. The number of carbonyl (C=O) groups is 1. The highest BCUT2D eigenvalue weighted by molar-refractivity contribution is 5.75. The molecule has 1 aliphatic heterocycles. The molecule has 0 spiro atoms. The number of urea groups is 1. The summed E-state index contributed by atoms with van der Waals surface area (Å²) in [5, 5.41) is 11.7. The van der Waals surface area contributed by atoms with Gasteiger partial charge in [-0.25, -0.2) is 4.79 Å². The second-order valence-electron chi connectivity index (χ2n) is 5.41. The van der Waals surface area contributed by atoms with Crippen molar-refractivity contribution in [2.24, 2.45) is 5.92 Å². The van der Waals surface area contributed by atoms with E-state index in [0.29, 0.717) is 12.5 Å². The second-order valence-corrected chi connectivity index (χ2v) is 5.41. The molecule has 5 heteroatoms. The zero-order valence-electron chi connectivity index (χ0n) is 11.6. The first-order valence-corrected chi connectivity index (χ1v) is 7.35. The first-order valence-electron chi connectivity index (χ1n) is 7.35. The lowest BCUT2D eigenvalue weighted by atomic mass is 10.1. The van der Waals surface area contributed by atoms with Crippen molar-refractivity contribution in [2.45, 2.75) is 25.7 Å². The Labute approximate surface area is 115 Å². The third-order valence-electron chi connectivity index (χ3n) is 4.05. The highest BCUT2D eigenvalue weighted by Crippen LogP contribution is 2.25. The molecule has 1 saturated carbocycles. The van der Waals surface area contributed by atoms with Crippen LogP contribution in [0.3, 0.4) is 0 Å². The van der Waals surface area contributed by atoms with Crippen molar-refractivity contribution in [3.63, 3.8) is 0 Å². The first-order chi connectivity index (χ1) is 9.29. The van der Waals surface area contributed by atoms with E-state index >= 15 is 0 Å². The molecule has 0 aromatic heterocycles. The van der Waals surface area contributed by atoms with Crippen molar-refractivity contribution in [3.05, 3.63) is 12.3 Å². The average Bonchev–Trinajstić information content (AvgIpc) is 2.93. The Morgan fingerprint density at radius 2 is 1.89 bits per heavy atom. The molecule has 0 bridgehead atoms. The van der Waals surface area contributed by atoms with Crippen molar-refractivity contribution in [1.82, 2.24) is 15.1 Å². The van der Waals surface area contributed by atoms with E-state index in [4.69, 9.17) is 5.11 Å². The van der Waals surface area contributed by atoms with Crippen LogP contribution in [0.1, 0.15) is 25.7 Å². The highest BCUT2D eigenvalue weighted by Gasteiger charge is 2.20. The highest BCUT2D eigenvalue weighted by atomic mass is 16.3. The second kappa shape index (κ2) is 7.50. The third-order valence-corrected chi connectivity index (χ3v) is 4.05. The van der Waals surface area contributed by atoms with E-state index in [2.05, 4.69) is 16.3 Å². The Kier molecular flexibility index (Phi) is 5.66. The molecule has 0 atom stereocenters. The fourth-order valence-electron chi connectivity index (χ4n) is 2.81. The van der Waals surface area contributed by atoms with Gasteiger partial charge >= 0.3 is 6.03 Å². The molecular weight excluding hydrogens is 242 g/mol. The standard InChI is InChI=1S/C14H25N3O2/c18-12-11-16-7-9-17(10-8-16)14(19)15-6-5-13-3-1-2-4-13/h5-6,13,18H,1-4,7-12H2,(H,15,19)/b6-5+. The van der Waals surface area contributed by atoms with Gasteiger partial charge in [0.1, 0.15) is 0 Å². The maximum absolute atomic E-state index is 11.9. The van der Waals surface area contributed by atoms with Gasteiger partial charge in [0.05, 0.1) is 6.61 Å². The lowest BCUT2D eigenvalue weighted by molar-refractivity contribution is 0.123. The number of aliphatic hydroxyl groups is 1. The Hall–Kier alpha value is -1.07. The largest absolute Gasteiger partial charge is 0.395 e. The molecule has 1 heterocycles. The summed E-state index contributed by atoms with van der Waals surface area (Å²) < 4.78 is 0. The van der Waals surface area contributed by atoms with Crippen LogP contribution in [0, 0.1) is 5.92 Å². The zero-order valence-corrected chi connectivity index (χ0v) is 11.6. The molecule has 2 amide bonds. The maximum Gasteiger partial charge on any atom is 0.321 e. The molecule has 5 nitrogen and oxygen atoms in total. The smallest absolute Gasteiger partial charge is 0.321 e. The fourth-order valence-corrected chi connectivity index (χ4v) is 2.81. The van der Waals surface area contributed by atoms with Crippen molar-refractivity contribution in [3.8, 4) is 0 Å². The SMILES string of the molecule is O=C(N/C=C/C1CCCC1)N1CCN(CCO)CC1. The number of amides is 2. The van der Waals surface area contributed by atoms with Gasteiger partial charge in [0, 0.05) is 38.9 Å². The molecule has 2 fully saturated rings. The molecule has 108 valence electrons. The van der Waals surface area contributed by atoms with E-state index in [1.165, 1.54) is 25.7 Å². The van der Waals surface area contributed by atoms with Crippen molar-refractivity contribution < 1.29 is 9.90 Å². The van der Waals surface area contributed by atoms with Crippen molar-refractivity contribution in [1.29, 1.82) is 0 Å².